The van der Waals surface area contributed by atoms with Crippen LogP contribution in [0.2, 0.25) is 0 Å². The minimum atomic E-state index is -0.199. The lowest BCUT2D eigenvalue weighted by atomic mass is 10.2. The van der Waals surface area contributed by atoms with Crippen LogP contribution >= 0.6 is 0 Å². The zero-order valence-electron chi connectivity index (χ0n) is 20.2. The van der Waals surface area contributed by atoms with E-state index in [1.807, 2.05) is 37.3 Å². The van der Waals surface area contributed by atoms with E-state index in [1.54, 1.807) is 17.0 Å². The van der Waals surface area contributed by atoms with Crippen molar-refractivity contribution >= 4 is 29.2 Å². The Morgan fingerprint density at radius 1 is 0.886 bits per heavy atom. The van der Waals surface area contributed by atoms with E-state index < -0.39 is 0 Å². The molecule has 2 N–H and O–H groups in total. The Morgan fingerprint density at radius 3 is 2.17 bits per heavy atom. The number of benzene rings is 1. The van der Waals surface area contributed by atoms with E-state index in [-0.39, 0.29) is 6.03 Å². The second-order valence-corrected chi connectivity index (χ2v) is 7.88. The minimum Gasteiger partial charge on any atom is -0.493 e. The number of ether oxygens (including phenoxy) is 3. The van der Waals surface area contributed by atoms with Crippen LogP contribution in [0.5, 0.6) is 17.2 Å². The average molecular weight is 480 g/mol. The molecule has 11 heteroatoms. The fourth-order valence-corrected chi connectivity index (χ4v) is 3.80. The molecule has 1 aromatic carbocycles. The molecule has 0 spiro atoms. The molecule has 0 bridgehead atoms. The zero-order chi connectivity index (χ0) is 24.8. The van der Waals surface area contributed by atoms with Gasteiger partial charge in [0.25, 0.3) is 0 Å². The average Bonchev–Trinajstić information content (AvgIpc) is 2.88. The fourth-order valence-electron chi connectivity index (χ4n) is 3.80. The smallest absolute Gasteiger partial charge is 0.321 e. The summed E-state index contributed by atoms with van der Waals surface area (Å²) in [6.45, 7) is 4.31. The lowest BCUT2D eigenvalue weighted by Gasteiger charge is -2.35. The second-order valence-electron chi connectivity index (χ2n) is 7.88. The van der Waals surface area contributed by atoms with E-state index in [4.69, 9.17) is 14.2 Å². The summed E-state index contributed by atoms with van der Waals surface area (Å²) >= 11 is 0. The van der Waals surface area contributed by atoms with E-state index in [9.17, 15) is 4.79 Å². The first-order valence-electron chi connectivity index (χ1n) is 11.2. The van der Waals surface area contributed by atoms with Gasteiger partial charge in [0.05, 0.1) is 27.0 Å². The highest BCUT2D eigenvalue weighted by Gasteiger charge is 2.23. The van der Waals surface area contributed by atoms with Crippen molar-refractivity contribution in [3.63, 3.8) is 0 Å². The number of pyridine rings is 1. The van der Waals surface area contributed by atoms with Gasteiger partial charge in [0, 0.05) is 44.0 Å². The maximum absolute atomic E-state index is 12.8. The number of rotatable bonds is 7. The Labute approximate surface area is 204 Å². The van der Waals surface area contributed by atoms with Gasteiger partial charge in [-0.1, -0.05) is 6.07 Å². The molecule has 2 amide bonds. The third kappa shape index (κ3) is 5.62. The number of carbonyl (C=O) groups excluding carboxylic acids is 1. The first-order valence-corrected chi connectivity index (χ1v) is 11.2. The van der Waals surface area contributed by atoms with Gasteiger partial charge in [0.15, 0.2) is 23.1 Å². The lowest BCUT2D eigenvalue weighted by Crippen LogP contribution is -2.50. The Balaban J connectivity index is 1.33. The number of urea groups is 1. The maximum Gasteiger partial charge on any atom is 0.321 e. The molecule has 3 heterocycles. The van der Waals surface area contributed by atoms with E-state index >= 15 is 0 Å². The standard InChI is InChI=1S/C24H29N7O4/c1-16-6-5-7-20(25-16)27-21-8-9-22(29-28-21)30-10-12-31(13-11-30)24(32)26-17-14-18(33-2)23(35-4)19(15-17)34-3/h5-9,14-15H,10-13H2,1-4H3,(H,26,32)(H,25,27,28). The van der Waals surface area contributed by atoms with Crippen molar-refractivity contribution < 1.29 is 19.0 Å². The molecular formula is C24H29N7O4. The number of methoxy groups -OCH3 is 3. The third-order valence-corrected chi connectivity index (χ3v) is 5.60. The van der Waals surface area contributed by atoms with Gasteiger partial charge in [-0.15, -0.1) is 10.2 Å². The Hall–Kier alpha value is -4.28. The molecule has 1 fully saturated rings. The zero-order valence-corrected chi connectivity index (χ0v) is 20.2. The molecule has 1 saturated heterocycles. The Morgan fingerprint density at radius 2 is 1.60 bits per heavy atom. The van der Waals surface area contributed by atoms with Crippen LogP contribution in [0.4, 0.5) is 27.9 Å². The monoisotopic (exact) mass is 479 g/mol. The van der Waals surface area contributed by atoms with Crippen LogP contribution in [0.3, 0.4) is 0 Å². The predicted octanol–water partition coefficient (Wildman–Crippen LogP) is 3.30. The largest absolute Gasteiger partial charge is 0.493 e. The van der Waals surface area contributed by atoms with Crippen molar-refractivity contribution in [2.45, 2.75) is 6.92 Å². The van der Waals surface area contributed by atoms with Crippen molar-refractivity contribution in [1.82, 2.24) is 20.1 Å². The van der Waals surface area contributed by atoms with E-state index in [0.717, 1.165) is 17.3 Å². The van der Waals surface area contributed by atoms with Crippen molar-refractivity contribution in [2.75, 3.05) is 63.0 Å². The molecule has 4 rings (SSSR count). The summed E-state index contributed by atoms with van der Waals surface area (Å²) in [7, 11) is 4.61. The van der Waals surface area contributed by atoms with Crippen LogP contribution in [-0.4, -0.2) is 73.6 Å². The highest BCUT2D eigenvalue weighted by atomic mass is 16.5. The van der Waals surface area contributed by atoms with Crippen LogP contribution in [0.25, 0.3) is 0 Å². The molecule has 11 nitrogen and oxygen atoms in total. The number of nitrogens with zero attached hydrogens (tertiary/aromatic N) is 5. The normalized spacial score (nSPS) is 13.3. The molecule has 3 aromatic rings. The van der Waals surface area contributed by atoms with Crippen LogP contribution < -0.4 is 29.7 Å². The highest BCUT2D eigenvalue weighted by Crippen LogP contribution is 2.40. The number of hydrogen-bond donors (Lipinski definition) is 2. The molecule has 1 aliphatic rings. The summed E-state index contributed by atoms with van der Waals surface area (Å²) < 4.78 is 16.1. The molecule has 1 aliphatic heterocycles. The highest BCUT2D eigenvalue weighted by molar-refractivity contribution is 5.90. The quantitative estimate of drug-likeness (QED) is 0.527. The van der Waals surface area contributed by atoms with Gasteiger partial charge >= 0.3 is 6.03 Å². The first kappa shape index (κ1) is 23.9. The van der Waals surface area contributed by atoms with Crippen LogP contribution in [-0.2, 0) is 0 Å². The van der Waals surface area contributed by atoms with Crippen LogP contribution in [0, 0.1) is 6.92 Å². The molecule has 0 unspecified atom stereocenters. The number of aromatic nitrogens is 3. The van der Waals surface area contributed by atoms with Crippen molar-refractivity contribution in [3.05, 3.63) is 48.2 Å². The number of nitrogens with one attached hydrogen (secondary N) is 2. The van der Waals surface area contributed by atoms with Gasteiger partial charge in [-0.05, 0) is 31.2 Å². The van der Waals surface area contributed by atoms with E-state index in [1.165, 1.54) is 21.3 Å². The van der Waals surface area contributed by atoms with Gasteiger partial charge in [-0.25, -0.2) is 9.78 Å². The van der Waals surface area contributed by atoms with Crippen molar-refractivity contribution in [3.8, 4) is 17.2 Å². The summed E-state index contributed by atoms with van der Waals surface area (Å²) in [5.74, 6) is 3.52. The summed E-state index contributed by atoms with van der Waals surface area (Å²) in [5, 5.41) is 14.7. The van der Waals surface area contributed by atoms with E-state index in [0.29, 0.717) is 54.9 Å². The van der Waals surface area contributed by atoms with Gasteiger partial charge in [0.1, 0.15) is 5.82 Å². The second kappa shape index (κ2) is 10.8. The number of anilines is 4. The molecule has 0 radical (unpaired) electrons. The molecule has 35 heavy (non-hydrogen) atoms. The van der Waals surface area contributed by atoms with Gasteiger partial charge < -0.3 is 34.6 Å². The summed E-state index contributed by atoms with van der Waals surface area (Å²) in [6, 6.07) is 12.7. The SMILES string of the molecule is COc1cc(NC(=O)N2CCN(c3ccc(Nc4cccc(C)n4)nn3)CC2)cc(OC)c1OC. The predicted molar refractivity (Wildman–Crippen MR) is 133 cm³/mol. The molecular weight excluding hydrogens is 450 g/mol. The fraction of sp³-hybridized carbons (Fsp3) is 0.333. The van der Waals surface area contributed by atoms with Crippen molar-refractivity contribution in [2.24, 2.45) is 0 Å². The number of piperazine rings is 1. The Kier molecular flexibility index (Phi) is 7.34. The van der Waals surface area contributed by atoms with Crippen molar-refractivity contribution in [1.29, 1.82) is 0 Å². The summed E-state index contributed by atoms with van der Waals surface area (Å²) in [5.41, 5.74) is 1.48. The molecule has 0 atom stereocenters. The summed E-state index contributed by atoms with van der Waals surface area (Å²) in [6.07, 6.45) is 0. The number of carbonyl (C=O) groups is 1. The Bertz CT molecular complexity index is 1140. The maximum atomic E-state index is 12.8. The van der Waals surface area contributed by atoms with Crippen LogP contribution in [0.1, 0.15) is 5.69 Å². The van der Waals surface area contributed by atoms with Gasteiger partial charge in [-0.3, -0.25) is 0 Å². The van der Waals surface area contributed by atoms with Crippen LogP contribution in [0.15, 0.2) is 42.5 Å². The molecule has 0 saturated carbocycles. The number of hydrogen-bond acceptors (Lipinski definition) is 9. The summed E-state index contributed by atoms with van der Waals surface area (Å²) in [4.78, 5) is 21.1. The number of aryl methyl sites for hydroxylation is 1. The lowest BCUT2D eigenvalue weighted by molar-refractivity contribution is 0.208. The molecule has 2 aromatic heterocycles. The van der Waals surface area contributed by atoms with Gasteiger partial charge in [0.2, 0.25) is 5.75 Å². The number of amides is 2. The topological polar surface area (TPSA) is 114 Å². The molecule has 184 valence electrons. The van der Waals surface area contributed by atoms with Gasteiger partial charge in [-0.2, -0.15) is 0 Å². The van der Waals surface area contributed by atoms with E-state index in [2.05, 4.69) is 30.7 Å². The minimum absolute atomic E-state index is 0.199. The third-order valence-electron chi connectivity index (χ3n) is 5.60. The molecule has 0 aliphatic carbocycles. The first-order chi connectivity index (χ1) is 17.0.